The summed E-state index contributed by atoms with van der Waals surface area (Å²) in [7, 11) is 0. The number of rotatable bonds is 6. The minimum absolute atomic E-state index is 0.630. The standard InChI is InChI=1S/C52H86O2/c53-51(54)50(45-46-37-29-21-13-5-1-6-14-22-30-38-46)52(47-39-31-23-15-7-2-8-16-24-32-40-47,48-41-33-25-17-9-3-10-18-26-34-42-48)49-43-35-27-19-11-4-12-20-28-36-44-49/h37,39,41,43,45H,1-36,38,40,42,44H2,(H,53,54). The van der Waals surface area contributed by atoms with E-state index in [1.807, 2.05) is 0 Å². The van der Waals surface area contributed by atoms with Gasteiger partial charge in [-0.05, 0) is 109 Å². The van der Waals surface area contributed by atoms with E-state index in [2.05, 4.69) is 30.4 Å². The highest BCUT2D eigenvalue weighted by atomic mass is 16.4. The Balaban J connectivity index is 1.99. The van der Waals surface area contributed by atoms with E-state index in [4.69, 9.17) is 0 Å². The van der Waals surface area contributed by atoms with Crippen molar-refractivity contribution in [2.45, 2.75) is 257 Å². The quantitative estimate of drug-likeness (QED) is 0.217. The molecule has 4 aliphatic carbocycles. The first kappa shape index (κ1) is 44.9. The van der Waals surface area contributed by atoms with Crippen LogP contribution >= 0.6 is 0 Å². The maximum atomic E-state index is 14.5. The molecule has 0 bridgehead atoms. The molecule has 0 aromatic rings. The SMILES string of the molecule is O=C(O)C(=CC1=CCCCCCCCCCC1)C(C1=CCCCCCCCCCC1)(C1=CCCCCCCCCCC1)C1=CCCCCCCCCCC1. The second-order valence-corrected chi connectivity index (χ2v) is 18.0. The van der Waals surface area contributed by atoms with Crippen LogP contribution in [0.25, 0.3) is 0 Å². The molecular formula is C52H86O2. The molecule has 4 rings (SSSR count). The summed E-state index contributed by atoms with van der Waals surface area (Å²) in [6.45, 7) is 0. The van der Waals surface area contributed by atoms with E-state index < -0.39 is 11.4 Å². The molecule has 0 aliphatic heterocycles. The number of hydrogen-bond donors (Lipinski definition) is 1. The zero-order valence-corrected chi connectivity index (χ0v) is 35.5. The van der Waals surface area contributed by atoms with Gasteiger partial charge in [0.05, 0.1) is 11.0 Å². The number of carboxylic acids is 1. The average molecular weight is 743 g/mol. The van der Waals surface area contributed by atoms with Crippen LogP contribution in [-0.4, -0.2) is 11.1 Å². The van der Waals surface area contributed by atoms with Crippen LogP contribution in [0.15, 0.2) is 58.2 Å². The number of aliphatic carboxylic acids is 1. The average Bonchev–Trinajstić information content (AvgIpc) is 3.14. The third-order valence-electron chi connectivity index (χ3n) is 13.6. The molecule has 2 heteroatoms. The Morgan fingerprint density at radius 3 is 0.944 bits per heavy atom. The van der Waals surface area contributed by atoms with Crippen LogP contribution in [0.2, 0.25) is 0 Å². The Kier molecular flexibility index (Phi) is 23.7. The molecule has 2 nitrogen and oxygen atoms in total. The number of hydrogen-bond acceptors (Lipinski definition) is 1. The summed E-state index contributed by atoms with van der Waals surface area (Å²) in [4.78, 5) is 14.5. The molecule has 0 atom stereocenters. The fourth-order valence-corrected chi connectivity index (χ4v) is 10.4. The highest BCUT2D eigenvalue weighted by Gasteiger charge is 2.46. The molecule has 0 fully saturated rings. The number of carbonyl (C=O) groups is 1. The first-order chi connectivity index (χ1) is 26.7. The number of carboxylic acid groups (broad SMARTS) is 1. The second kappa shape index (κ2) is 28.5. The van der Waals surface area contributed by atoms with Crippen LogP contribution in [0, 0.1) is 5.41 Å². The van der Waals surface area contributed by atoms with Gasteiger partial charge < -0.3 is 5.11 Å². The Bertz CT molecular complexity index is 1080. The minimum Gasteiger partial charge on any atom is -0.478 e. The Morgan fingerprint density at radius 2 is 0.630 bits per heavy atom. The topological polar surface area (TPSA) is 37.3 Å². The van der Waals surface area contributed by atoms with E-state index in [0.717, 1.165) is 56.9 Å². The lowest BCUT2D eigenvalue weighted by Gasteiger charge is -2.43. The molecule has 0 spiro atoms. The highest BCUT2D eigenvalue weighted by molar-refractivity contribution is 5.92. The van der Waals surface area contributed by atoms with Crippen molar-refractivity contribution in [2.24, 2.45) is 5.41 Å². The summed E-state index contributed by atoms with van der Waals surface area (Å²) in [5.74, 6) is -0.659. The lowest BCUT2D eigenvalue weighted by atomic mass is 9.59. The van der Waals surface area contributed by atoms with Gasteiger partial charge in [-0.1, -0.05) is 201 Å². The first-order valence-electron chi connectivity index (χ1n) is 24.5. The van der Waals surface area contributed by atoms with Crippen LogP contribution in [-0.2, 0) is 4.79 Å². The van der Waals surface area contributed by atoms with Crippen LogP contribution in [0.1, 0.15) is 257 Å². The monoisotopic (exact) mass is 743 g/mol. The van der Waals surface area contributed by atoms with E-state index in [1.165, 1.54) is 228 Å². The number of allylic oxidation sites excluding steroid dienone is 9. The summed E-state index contributed by atoms with van der Waals surface area (Å²) in [5.41, 5.74) is 5.82. The third-order valence-corrected chi connectivity index (χ3v) is 13.6. The summed E-state index contributed by atoms with van der Waals surface area (Å²) in [6, 6.07) is 0. The van der Waals surface area contributed by atoms with Gasteiger partial charge in [0, 0.05) is 0 Å². The van der Waals surface area contributed by atoms with Gasteiger partial charge in [0.25, 0.3) is 0 Å². The molecular weight excluding hydrogens is 657 g/mol. The molecule has 0 heterocycles. The van der Waals surface area contributed by atoms with E-state index in [1.54, 1.807) is 0 Å². The van der Waals surface area contributed by atoms with Crippen molar-refractivity contribution in [3.63, 3.8) is 0 Å². The van der Waals surface area contributed by atoms with Crippen molar-refractivity contribution >= 4 is 5.97 Å². The van der Waals surface area contributed by atoms with Gasteiger partial charge in [0.1, 0.15) is 0 Å². The molecule has 54 heavy (non-hydrogen) atoms. The van der Waals surface area contributed by atoms with Crippen molar-refractivity contribution in [2.75, 3.05) is 0 Å². The largest absolute Gasteiger partial charge is 0.478 e. The molecule has 306 valence electrons. The predicted molar refractivity (Wildman–Crippen MR) is 235 cm³/mol. The van der Waals surface area contributed by atoms with Gasteiger partial charge in [-0.25, -0.2) is 4.79 Å². The van der Waals surface area contributed by atoms with Gasteiger partial charge in [-0.15, -0.1) is 0 Å². The maximum absolute atomic E-state index is 14.5. The van der Waals surface area contributed by atoms with Crippen molar-refractivity contribution in [3.8, 4) is 0 Å². The Labute approximate surface area is 335 Å². The summed E-state index contributed by atoms with van der Waals surface area (Å²) < 4.78 is 0. The van der Waals surface area contributed by atoms with Gasteiger partial charge in [-0.3, -0.25) is 0 Å². The normalized spacial score (nSPS) is 24.8. The molecule has 0 amide bonds. The fourth-order valence-electron chi connectivity index (χ4n) is 10.4. The molecule has 0 radical (unpaired) electrons. The van der Waals surface area contributed by atoms with E-state index in [-0.39, 0.29) is 0 Å². The maximum Gasteiger partial charge on any atom is 0.333 e. The minimum atomic E-state index is -0.659. The van der Waals surface area contributed by atoms with Crippen molar-refractivity contribution in [1.82, 2.24) is 0 Å². The molecule has 0 aromatic heterocycles. The highest BCUT2D eigenvalue weighted by Crippen LogP contribution is 2.55. The molecule has 0 unspecified atom stereocenters. The summed E-state index contributed by atoms with van der Waals surface area (Å²) >= 11 is 0. The first-order valence-corrected chi connectivity index (χ1v) is 24.5. The molecule has 0 saturated heterocycles. The fraction of sp³-hybridized carbons (Fsp3) is 0.788. The Morgan fingerprint density at radius 1 is 0.370 bits per heavy atom. The smallest absolute Gasteiger partial charge is 0.333 e. The van der Waals surface area contributed by atoms with Crippen LogP contribution in [0.5, 0.6) is 0 Å². The van der Waals surface area contributed by atoms with Crippen LogP contribution < -0.4 is 0 Å². The summed E-state index contributed by atoms with van der Waals surface area (Å²) in [6.07, 6.45) is 62.7. The van der Waals surface area contributed by atoms with Gasteiger partial charge in [-0.2, -0.15) is 0 Å². The van der Waals surface area contributed by atoms with Crippen molar-refractivity contribution < 1.29 is 9.90 Å². The van der Waals surface area contributed by atoms with E-state index >= 15 is 0 Å². The van der Waals surface area contributed by atoms with E-state index in [9.17, 15) is 9.90 Å². The predicted octanol–water partition coefficient (Wildman–Crippen LogP) is 17.3. The summed E-state index contributed by atoms with van der Waals surface area (Å²) in [5, 5.41) is 11.9. The lowest BCUT2D eigenvalue weighted by molar-refractivity contribution is -0.133. The van der Waals surface area contributed by atoms with Crippen LogP contribution in [0.3, 0.4) is 0 Å². The zero-order chi connectivity index (χ0) is 37.8. The molecule has 4 aliphatic rings. The van der Waals surface area contributed by atoms with Gasteiger partial charge in [0.15, 0.2) is 0 Å². The van der Waals surface area contributed by atoms with Gasteiger partial charge in [0.2, 0.25) is 0 Å². The molecule has 0 aromatic carbocycles. The second-order valence-electron chi connectivity index (χ2n) is 18.0. The Hall–Kier alpha value is -1.83. The van der Waals surface area contributed by atoms with Crippen molar-refractivity contribution in [3.05, 3.63) is 58.2 Å². The third kappa shape index (κ3) is 16.3. The lowest BCUT2D eigenvalue weighted by Crippen LogP contribution is -2.36. The molecule has 0 saturated carbocycles. The van der Waals surface area contributed by atoms with Gasteiger partial charge >= 0.3 is 5.97 Å². The van der Waals surface area contributed by atoms with Crippen LogP contribution in [0.4, 0.5) is 0 Å². The van der Waals surface area contributed by atoms with E-state index in [0.29, 0.717) is 0 Å². The molecule has 1 N–H and O–H groups in total. The van der Waals surface area contributed by atoms with Crippen molar-refractivity contribution in [1.29, 1.82) is 0 Å². The zero-order valence-electron chi connectivity index (χ0n) is 35.5.